The second kappa shape index (κ2) is 8.81. The smallest absolute Gasteiger partial charge is 0.352 e. The molecule has 0 fully saturated rings. The first kappa shape index (κ1) is 18.4. The predicted octanol–water partition coefficient (Wildman–Crippen LogP) is 4.60. The Hall–Kier alpha value is -3.40. The zero-order valence-electron chi connectivity index (χ0n) is 15.0. The molecule has 0 radical (unpaired) electrons. The molecule has 0 bridgehead atoms. The Balaban J connectivity index is 1.95. The van der Waals surface area contributed by atoms with Crippen LogP contribution in [0.3, 0.4) is 0 Å². The van der Waals surface area contributed by atoms with E-state index in [2.05, 4.69) is 0 Å². The normalized spacial score (nSPS) is 11.4. The Kier molecular flexibility index (Phi) is 6.00. The van der Waals surface area contributed by atoms with E-state index < -0.39 is 12.1 Å². The van der Waals surface area contributed by atoms with E-state index in [0.717, 1.165) is 0 Å². The van der Waals surface area contributed by atoms with Crippen LogP contribution in [0, 0.1) is 0 Å². The lowest BCUT2D eigenvalue weighted by Crippen LogP contribution is -2.22. The van der Waals surface area contributed by atoms with Crippen molar-refractivity contribution >= 4 is 11.8 Å². The summed E-state index contributed by atoms with van der Waals surface area (Å²) in [6, 6.07) is 25.0. The summed E-state index contributed by atoms with van der Waals surface area (Å²) in [5, 5.41) is 0. The molecular formula is C23H20O4. The van der Waals surface area contributed by atoms with Crippen molar-refractivity contribution in [2.45, 2.75) is 13.0 Å². The molecule has 0 heterocycles. The Bertz CT molecular complexity index is 904. The van der Waals surface area contributed by atoms with Gasteiger partial charge < -0.3 is 9.47 Å². The molecule has 3 aromatic rings. The quantitative estimate of drug-likeness (QED) is 0.456. The van der Waals surface area contributed by atoms with Crippen LogP contribution >= 0.6 is 0 Å². The SMILES string of the molecule is CCOC(=O)C(Oc1ccccc1C(=O)c1ccccc1)c1ccccc1. The van der Waals surface area contributed by atoms with Crippen LogP contribution in [0.15, 0.2) is 84.9 Å². The minimum absolute atomic E-state index is 0.165. The Morgan fingerprint density at radius 1 is 0.815 bits per heavy atom. The average Bonchev–Trinajstić information content (AvgIpc) is 2.73. The number of rotatable bonds is 7. The number of benzene rings is 3. The number of esters is 1. The third-order valence-electron chi connectivity index (χ3n) is 4.02. The van der Waals surface area contributed by atoms with Gasteiger partial charge in [0.2, 0.25) is 6.10 Å². The number of carbonyl (C=O) groups is 2. The van der Waals surface area contributed by atoms with E-state index in [9.17, 15) is 9.59 Å². The van der Waals surface area contributed by atoms with Crippen molar-refractivity contribution < 1.29 is 19.1 Å². The first-order valence-corrected chi connectivity index (χ1v) is 8.77. The first-order valence-electron chi connectivity index (χ1n) is 8.77. The van der Waals surface area contributed by atoms with E-state index in [4.69, 9.17) is 9.47 Å². The summed E-state index contributed by atoms with van der Waals surface area (Å²) in [6.07, 6.45) is -0.948. The number of carbonyl (C=O) groups excluding carboxylic acids is 2. The van der Waals surface area contributed by atoms with Crippen LogP contribution in [0.25, 0.3) is 0 Å². The molecule has 1 unspecified atom stereocenters. The first-order chi connectivity index (χ1) is 13.2. The predicted molar refractivity (Wildman–Crippen MR) is 103 cm³/mol. The molecule has 1 atom stereocenters. The zero-order valence-corrected chi connectivity index (χ0v) is 15.0. The fourth-order valence-electron chi connectivity index (χ4n) is 2.73. The van der Waals surface area contributed by atoms with Gasteiger partial charge in [0.1, 0.15) is 5.75 Å². The Morgan fingerprint density at radius 2 is 1.41 bits per heavy atom. The molecule has 136 valence electrons. The summed E-state index contributed by atoms with van der Waals surface area (Å²) in [5.41, 5.74) is 1.62. The lowest BCUT2D eigenvalue weighted by molar-refractivity contribution is -0.151. The molecule has 0 saturated carbocycles. The number of para-hydroxylation sites is 1. The third kappa shape index (κ3) is 4.42. The lowest BCUT2D eigenvalue weighted by atomic mass is 10.0. The summed E-state index contributed by atoms with van der Waals surface area (Å²) in [5.74, 6) is -0.319. The number of hydrogen-bond donors (Lipinski definition) is 0. The monoisotopic (exact) mass is 360 g/mol. The van der Waals surface area contributed by atoms with Gasteiger partial charge in [0.25, 0.3) is 0 Å². The van der Waals surface area contributed by atoms with Crippen LogP contribution in [-0.4, -0.2) is 18.4 Å². The molecule has 4 nitrogen and oxygen atoms in total. The Labute approximate surface area is 158 Å². The van der Waals surface area contributed by atoms with Gasteiger partial charge in [-0.3, -0.25) is 4.79 Å². The van der Waals surface area contributed by atoms with Gasteiger partial charge >= 0.3 is 5.97 Å². The molecule has 0 spiro atoms. The maximum absolute atomic E-state index is 12.9. The largest absolute Gasteiger partial charge is 0.473 e. The second-order valence-electron chi connectivity index (χ2n) is 5.85. The molecule has 0 aromatic heterocycles. The maximum atomic E-state index is 12.9. The van der Waals surface area contributed by atoms with E-state index >= 15 is 0 Å². The van der Waals surface area contributed by atoms with Crippen LogP contribution in [0.4, 0.5) is 0 Å². The Morgan fingerprint density at radius 3 is 2.07 bits per heavy atom. The summed E-state index contributed by atoms with van der Waals surface area (Å²) in [6.45, 7) is 1.99. The van der Waals surface area contributed by atoms with E-state index in [-0.39, 0.29) is 12.4 Å². The van der Waals surface area contributed by atoms with Gasteiger partial charge in [0, 0.05) is 11.1 Å². The molecule has 0 aliphatic carbocycles. The lowest BCUT2D eigenvalue weighted by Gasteiger charge is -2.19. The minimum atomic E-state index is -0.948. The molecule has 3 aromatic carbocycles. The molecule has 27 heavy (non-hydrogen) atoms. The van der Waals surface area contributed by atoms with Crippen molar-refractivity contribution in [3.8, 4) is 5.75 Å². The van der Waals surface area contributed by atoms with E-state index in [1.165, 1.54) is 0 Å². The van der Waals surface area contributed by atoms with Crippen LogP contribution < -0.4 is 4.74 Å². The van der Waals surface area contributed by atoms with E-state index in [0.29, 0.717) is 22.4 Å². The number of ketones is 1. The van der Waals surface area contributed by atoms with Crippen molar-refractivity contribution in [1.29, 1.82) is 0 Å². The van der Waals surface area contributed by atoms with Gasteiger partial charge in [-0.25, -0.2) is 4.79 Å². The van der Waals surface area contributed by atoms with Crippen LogP contribution in [0.5, 0.6) is 5.75 Å². The molecule has 0 amide bonds. The summed E-state index contributed by atoms with van der Waals surface area (Å²) >= 11 is 0. The maximum Gasteiger partial charge on any atom is 0.352 e. The van der Waals surface area contributed by atoms with Gasteiger partial charge in [0.15, 0.2) is 5.78 Å². The van der Waals surface area contributed by atoms with Crippen molar-refractivity contribution in [3.05, 3.63) is 102 Å². The van der Waals surface area contributed by atoms with Gasteiger partial charge in [-0.1, -0.05) is 72.8 Å². The van der Waals surface area contributed by atoms with Crippen molar-refractivity contribution in [1.82, 2.24) is 0 Å². The molecule has 0 aliphatic heterocycles. The molecule has 0 saturated heterocycles. The molecule has 3 rings (SSSR count). The van der Waals surface area contributed by atoms with Crippen molar-refractivity contribution in [2.24, 2.45) is 0 Å². The fourth-order valence-corrected chi connectivity index (χ4v) is 2.73. The van der Waals surface area contributed by atoms with E-state index in [1.54, 1.807) is 55.5 Å². The van der Waals surface area contributed by atoms with Gasteiger partial charge in [-0.05, 0) is 19.1 Å². The highest BCUT2D eigenvalue weighted by atomic mass is 16.6. The van der Waals surface area contributed by atoms with Crippen LogP contribution in [0.2, 0.25) is 0 Å². The second-order valence-corrected chi connectivity index (χ2v) is 5.85. The third-order valence-corrected chi connectivity index (χ3v) is 4.02. The molecule has 0 aliphatic rings. The average molecular weight is 360 g/mol. The van der Waals surface area contributed by atoms with Gasteiger partial charge in [0.05, 0.1) is 12.2 Å². The summed E-state index contributed by atoms with van der Waals surface area (Å²) < 4.78 is 11.2. The minimum Gasteiger partial charge on any atom is -0.473 e. The molecule has 0 N–H and O–H groups in total. The van der Waals surface area contributed by atoms with Gasteiger partial charge in [-0.2, -0.15) is 0 Å². The molecule has 4 heteroatoms. The summed E-state index contributed by atoms with van der Waals surface area (Å²) in [4.78, 5) is 25.4. The van der Waals surface area contributed by atoms with E-state index in [1.807, 2.05) is 36.4 Å². The van der Waals surface area contributed by atoms with Crippen LogP contribution in [0.1, 0.15) is 34.5 Å². The number of hydrogen-bond acceptors (Lipinski definition) is 4. The highest BCUT2D eigenvalue weighted by Crippen LogP contribution is 2.28. The van der Waals surface area contributed by atoms with Gasteiger partial charge in [-0.15, -0.1) is 0 Å². The zero-order chi connectivity index (χ0) is 19.1. The highest BCUT2D eigenvalue weighted by molar-refractivity contribution is 6.10. The number of ether oxygens (including phenoxy) is 2. The fraction of sp³-hybridized carbons (Fsp3) is 0.130. The van der Waals surface area contributed by atoms with Crippen molar-refractivity contribution in [3.63, 3.8) is 0 Å². The highest BCUT2D eigenvalue weighted by Gasteiger charge is 2.26. The van der Waals surface area contributed by atoms with Crippen LogP contribution in [-0.2, 0) is 9.53 Å². The van der Waals surface area contributed by atoms with Crippen molar-refractivity contribution in [2.75, 3.05) is 6.61 Å². The topological polar surface area (TPSA) is 52.6 Å². The standard InChI is InChI=1S/C23H20O4/c1-2-26-23(25)22(18-13-7-4-8-14-18)27-20-16-10-9-15-19(20)21(24)17-11-5-3-6-12-17/h3-16,22H,2H2,1H3. The summed E-state index contributed by atoms with van der Waals surface area (Å²) in [7, 11) is 0. The molecular weight excluding hydrogens is 340 g/mol.